The minimum absolute atomic E-state index is 0.00565. The van der Waals surface area contributed by atoms with E-state index in [4.69, 9.17) is 0 Å². The van der Waals surface area contributed by atoms with E-state index in [0.717, 1.165) is 11.3 Å². The molecule has 0 radical (unpaired) electrons. The normalized spacial score (nSPS) is 13.7. The summed E-state index contributed by atoms with van der Waals surface area (Å²) in [7, 11) is 0. The van der Waals surface area contributed by atoms with E-state index in [9.17, 15) is 22.4 Å². The van der Waals surface area contributed by atoms with E-state index in [1.807, 2.05) is 6.92 Å². The van der Waals surface area contributed by atoms with Crippen molar-refractivity contribution in [3.8, 4) is 5.69 Å². The number of nitrogens with zero attached hydrogens (tertiary/aromatic N) is 3. The van der Waals surface area contributed by atoms with Crippen molar-refractivity contribution >= 4 is 5.91 Å². The Morgan fingerprint density at radius 1 is 1.26 bits per heavy atom. The van der Waals surface area contributed by atoms with Crippen LogP contribution in [-0.2, 0) is 12.8 Å². The molecule has 1 aliphatic rings. The van der Waals surface area contributed by atoms with Gasteiger partial charge in [0, 0.05) is 17.8 Å². The van der Waals surface area contributed by atoms with Crippen LogP contribution < -0.4 is 0 Å². The summed E-state index contributed by atoms with van der Waals surface area (Å²) in [5, 5.41) is 4.24. The van der Waals surface area contributed by atoms with Gasteiger partial charge in [-0.1, -0.05) is 25.5 Å². The van der Waals surface area contributed by atoms with E-state index < -0.39 is 24.4 Å². The zero-order chi connectivity index (χ0) is 19.6. The Labute approximate surface area is 154 Å². The van der Waals surface area contributed by atoms with Gasteiger partial charge in [-0.2, -0.15) is 18.3 Å². The number of carbonyl (C=O) groups excluding carboxylic acids is 1. The number of rotatable bonds is 6. The molecule has 0 N–H and O–H groups in total. The van der Waals surface area contributed by atoms with Crippen LogP contribution in [0.5, 0.6) is 0 Å². The number of para-hydroxylation sites is 1. The van der Waals surface area contributed by atoms with Gasteiger partial charge < -0.3 is 4.90 Å². The fourth-order valence-corrected chi connectivity index (χ4v) is 3.40. The van der Waals surface area contributed by atoms with Gasteiger partial charge in [0.25, 0.3) is 5.91 Å². The van der Waals surface area contributed by atoms with Crippen LogP contribution in [-0.4, -0.2) is 39.9 Å². The van der Waals surface area contributed by atoms with Crippen LogP contribution in [0.2, 0.25) is 0 Å². The number of hydrogen-bond acceptors (Lipinski definition) is 2. The molecule has 1 aromatic carbocycles. The smallest absolute Gasteiger partial charge is 0.328 e. The van der Waals surface area contributed by atoms with Crippen LogP contribution in [0.1, 0.15) is 47.9 Å². The topological polar surface area (TPSA) is 38.1 Å². The molecule has 2 aromatic rings. The molecule has 146 valence electrons. The molecule has 1 aliphatic carbocycles. The van der Waals surface area contributed by atoms with Crippen molar-refractivity contribution in [2.45, 2.75) is 45.2 Å². The Bertz CT molecular complexity index is 829. The molecule has 0 atom stereocenters. The van der Waals surface area contributed by atoms with Gasteiger partial charge in [0.05, 0.1) is 0 Å². The summed E-state index contributed by atoms with van der Waals surface area (Å²) in [6.45, 7) is 0.546. The van der Waals surface area contributed by atoms with Crippen LogP contribution in [0, 0.1) is 5.82 Å². The summed E-state index contributed by atoms with van der Waals surface area (Å²) >= 11 is 0. The molecule has 0 spiro atoms. The molecule has 1 heterocycles. The fraction of sp³-hybridized carbons (Fsp3) is 0.474. The molecule has 0 fully saturated rings. The van der Waals surface area contributed by atoms with Crippen molar-refractivity contribution in [2.24, 2.45) is 0 Å². The lowest BCUT2D eigenvalue weighted by Crippen LogP contribution is -2.40. The maximum absolute atomic E-state index is 14.2. The van der Waals surface area contributed by atoms with Crippen LogP contribution >= 0.6 is 0 Å². The van der Waals surface area contributed by atoms with Crippen molar-refractivity contribution < 1.29 is 22.4 Å². The Morgan fingerprint density at radius 2 is 2.00 bits per heavy atom. The van der Waals surface area contributed by atoms with Gasteiger partial charge in [0.2, 0.25) is 0 Å². The Balaban J connectivity index is 1.99. The minimum atomic E-state index is -4.49. The first-order chi connectivity index (χ1) is 12.8. The average Bonchev–Trinajstić information content (AvgIpc) is 3.20. The molecule has 3 rings (SSSR count). The summed E-state index contributed by atoms with van der Waals surface area (Å²) in [6.07, 6.45) is -1.42. The highest BCUT2D eigenvalue weighted by molar-refractivity contribution is 5.94. The quantitative estimate of drug-likeness (QED) is 0.698. The van der Waals surface area contributed by atoms with Crippen molar-refractivity contribution in [3.63, 3.8) is 0 Å². The minimum Gasteiger partial charge on any atom is -0.328 e. The maximum atomic E-state index is 14.2. The Hall–Kier alpha value is -2.38. The standard InChI is InChI=1S/C19H21F4N3O/c1-2-3-11-25(12-19(21,22)23)18(27)17-13-7-6-10-15(13)26(24-17)16-9-5-4-8-14(16)20/h4-5,8-9H,2-3,6-7,10-12H2,1H3. The molecule has 0 saturated carbocycles. The molecular formula is C19H21F4N3O. The highest BCUT2D eigenvalue weighted by Gasteiger charge is 2.36. The van der Waals surface area contributed by atoms with Gasteiger partial charge in [-0.25, -0.2) is 9.07 Å². The van der Waals surface area contributed by atoms with Gasteiger partial charge in [0.1, 0.15) is 18.0 Å². The lowest BCUT2D eigenvalue weighted by Gasteiger charge is -2.23. The number of fused-ring (bicyclic) bond motifs is 1. The Morgan fingerprint density at radius 3 is 2.67 bits per heavy atom. The van der Waals surface area contributed by atoms with Gasteiger partial charge in [-0.05, 0) is 37.8 Å². The number of amides is 1. The number of hydrogen-bond donors (Lipinski definition) is 0. The second kappa shape index (κ2) is 7.70. The molecule has 0 unspecified atom stereocenters. The van der Waals surface area contributed by atoms with E-state index in [-0.39, 0.29) is 17.9 Å². The molecule has 4 nitrogen and oxygen atoms in total. The third kappa shape index (κ3) is 4.14. The van der Waals surface area contributed by atoms with Crippen molar-refractivity contribution in [1.82, 2.24) is 14.7 Å². The highest BCUT2D eigenvalue weighted by Crippen LogP contribution is 2.30. The number of halogens is 4. The summed E-state index contributed by atoms with van der Waals surface area (Å²) in [5.74, 6) is -1.24. The first kappa shape index (κ1) is 19.4. The monoisotopic (exact) mass is 383 g/mol. The van der Waals surface area contributed by atoms with Crippen LogP contribution in [0.25, 0.3) is 5.69 Å². The number of unbranched alkanes of at least 4 members (excludes halogenated alkanes) is 1. The third-order valence-corrected chi connectivity index (χ3v) is 4.65. The number of alkyl halides is 3. The third-order valence-electron chi connectivity index (χ3n) is 4.65. The molecule has 8 heteroatoms. The van der Waals surface area contributed by atoms with Crippen molar-refractivity contribution in [1.29, 1.82) is 0 Å². The molecule has 1 aromatic heterocycles. The summed E-state index contributed by atoms with van der Waals surface area (Å²) in [4.78, 5) is 13.7. The predicted octanol–water partition coefficient (Wildman–Crippen LogP) is 4.30. The molecule has 0 bridgehead atoms. The van der Waals surface area contributed by atoms with Gasteiger partial charge in [0.15, 0.2) is 5.69 Å². The Kier molecular flexibility index (Phi) is 5.53. The fourth-order valence-electron chi connectivity index (χ4n) is 3.40. The first-order valence-corrected chi connectivity index (χ1v) is 9.03. The zero-order valence-corrected chi connectivity index (χ0v) is 15.0. The zero-order valence-electron chi connectivity index (χ0n) is 15.0. The van der Waals surface area contributed by atoms with Crippen molar-refractivity contribution in [3.05, 3.63) is 47.0 Å². The van der Waals surface area contributed by atoms with Crippen LogP contribution in [0.4, 0.5) is 17.6 Å². The summed E-state index contributed by atoms with van der Waals surface area (Å²) < 4.78 is 54.4. The lowest BCUT2D eigenvalue weighted by atomic mass is 10.1. The van der Waals surface area contributed by atoms with E-state index >= 15 is 0 Å². The number of carbonyl (C=O) groups is 1. The maximum Gasteiger partial charge on any atom is 0.406 e. The van der Waals surface area contributed by atoms with Crippen LogP contribution in [0.3, 0.4) is 0 Å². The average molecular weight is 383 g/mol. The summed E-state index contributed by atoms with van der Waals surface area (Å²) in [6, 6.07) is 6.03. The van der Waals surface area contributed by atoms with E-state index in [1.165, 1.54) is 10.7 Å². The van der Waals surface area contributed by atoms with E-state index in [0.29, 0.717) is 36.9 Å². The first-order valence-electron chi connectivity index (χ1n) is 9.03. The summed E-state index contributed by atoms with van der Waals surface area (Å²) in [5.41, 5.74) is 1.54. The number of aromatic nitrogens is 2. The SMILES string of the molecule is CCCCN(CC(F)(F)F)C(=O)c1nn(-c2ccccc2F)c2c1CCC2. The lowest BCUT2D eigenvalue weighted by molar-refractivity contribution is -0.140. The van der Waals surface area contributed by atoms with Gasteiger partial charge >= 0.3 is 6.18 Å². The van der Waals surface area contributed by atoms with Gasteiger partial charge in [-0.15, -0.1) is 0 Å². The van der Waals surface area contributed by atoms with E-state index in [1.54, 1.807) is 18.2 Å². The molecule has 27 heavy (non-hydrogen) atoms. The van der Waals surface area contributed by atoms with Crippen molar-refractivity contribution in [2.75, 3.05) is 13.1 Å². The molecule has 1 amide bonds. The van der Waals surface area contributed by atoms with Gasteiger partial charge in [-0.3, -0.25) is 4.79 Å². The molecule has 0 aliphatic heterocycles. The highest BCUT2D eigenvalue weighted by atomic mass is 19.4. The van der Waals surface area contributed by atoms with Crippen LogP contribution in [0.15, 0.2) is 24.3 Å². The number of benzene rings is 1. The second-order valence-electron chi connectivity index (χ2n) is 6.69. The second-order valence-corrected chi connectivity index (χ2v) is 6.69. The molecular weight excluding hydrogens is 362 g/mol. The molecule has 0 saturated heterocycles. The largest absolute Gasteiger partial charge is 0.406 e. The van der Waals surface area contributed by atoms with E-state index in [2.05, 4.69) is 5.10 Å². The predicted molar refractivity (Wildman–Crippen MR) is 92.4 cm³/mol.